The number of hydrogen-bond acceptors (Lipinski definition) is 35. The number of aliphatic hydroxyl groups excluding tert-OH is 12. The first-order valence-corrected chi connectivity index (χ1v) is 40.5. The number of ether oxygens (including phenoxy) is 6. The second-order valence-corrected chi connectivity index (χ2v) is 29.3. The summed E-state index contributed by atoms with van der Waals surface area (Å²) in [5, 5.41) is 168. The van der Waals surface area contributed by atoms with Crippen molar-refractivity contribution in [2.75, 3.05) is 59.3 Å². The van der Waals surface area contributed by atoms with Gasteiger partial charge in [-0.05, 0) is 57.8 Å². The lowest BCUT2D eigenvalue weighted by Gasteiger charge is -2.39. The minimum Gasteiger partial charge on any atom is -0.394 e. The minimum atomic E-state index is -1.63. The van der Waals surface area contributed by atoms with Crippen LogP contribution < -0.4 is 59.1 Å². The Bertz CT molecular complexity index is 3580. The summed E-state index contributed by atoms with van der Waals surface area (Å²) in [4.78, 5) is 130. The molecule has 0 bridgehead atoms. The lowest BCUT2D eigenvalue weighted by molar-refractivity contribution is -0.301. The summed E-state index contributed by atoms with van der Waals surface area (Å²) in [6.07, 6.45) is -10.00. The van der Waals surface area contributed by atoms with E-state index in [-0.39, 0.29) is 142 Å². The monoisotopic (exact) mass is 1710 g/mol. The number of amides is 10. The zero-order chi connectivity index (χ0) is 87.5. The Balaban J connectivity index is 0.902. The Morgan fingerprint density at radius 2 is 0.658 bits per heavy atom. The fourth-order valence-electron chi connectivity index (χ4n) is 12.8. The van der Waals surface area contributed by atoms with Gasteiger partial charge >= 0.3 is 0 Å². The number of rotatable bonds is 58. The van der Waals surface area contributed by atoms with Crippen molar-refractivity contribution in [3.63, 3.8) is 0 Å². The van der Waals surface area contributed by atoms with E-state index in [1.807, 2.05) is 0 Å². The van der Waals surface area contributed by atoms with Crippen molar-refractivity contribution in [3.05, 3.63) is 35.7 Å². The quantitative estimate of drug-likeness (QED) is 0.0108. The highest BCUT2D eigenvalue weighted by molar-refractivity contribution is 5.90. The Hall–Kier alpha value is -8.64. The molecule has 0 spiro atoms. The molecule has 0 radical (unpaired) electrons. The van der Waals surface area contributed by atoms with E-state index in [0.717, 1.165) is 0 Å². The molecule has 120 heavy (non-hydrogen) atoms. The van der Waals surface area contributed by atoms with Crippen molar-refractivity contribution in [1.29, 1.82) is 0 Å². The average Bonchev–Trinajstić information content (AvgIpc) is 1.32. The van der Waals surface area contributed by atoms with Crippen molar-refractivity contribution < 1.29 is 138 Å². The molecular weight excluding hydrogens is 1590 g/mol. The lowest BCUT2D eigenvalue weighted by atomic mass is 9.99. The van der Waals surface area contributed by atoms with E-state index in [2.05, 4.69) is 84.2 Å². The third kappa shape index (κ3) is 35.8. The molecule has 3 fully saturated rings. The standard InChI is InChI=1S/C72H122N20O28/c1-42(96)80-46(18-21-52(97)77-33-43-36-90(87-84-43)27-30-115-70-64(109)61(106)58(103)49(39-93)118-70)67(112)74-24-12-6-2-4-9-15-55(100)81-47(19-22-53(98)78-34-44-37-91(88-85-44)28-31-116-71-65(110)62(107)59(104)50(40-94)119-71)68(113)75-25-13-7-3-5-10-16-56(101)82-48(69(114)76-26-14-8-11-17-57(102)83-73)20-23-54(99)79-35-45-38-92(89-86-45)29-32-117-72-66(111)63(108)60(105)51(41-95)120-72/h36-38,46-51,58-66,70-72,93-95,103-111H,2-35,39-41,73H2,1H3,(H,74,112)(H,75,113)(H,76,114)(H,77,97)(H,78,98)(H,79,99)(H,80,96)(H,81,100)(H,82,101)(H,83,102)/t46?,47?,48?,49-,50-,51-,58-,59-,60-,61+,62+,63+,64+,65+,66+,70+,71+,72+/m1/s1. The van der Waals surface area contributed by atoms with Gasteiger partial charge in [0.2, 0.25) is 59.1 Å². The van der Waals surface area contributed by atoms with E-state index in [4.69, 9.17) is 34.3 Å². The molecule has 24 N–H and O–H groups in total. The summed E-state index contributed by atoms with van der Waals surface area (Å²) < 4.78 is 36.7. The van der Waals surface area contributed by atoms with E-state index in [1.54, 1.807) is 0 Å². The molecule has 6 heterocycles. The molecule has 678 valence electrons. The number of carbonyl (C=O) groups is 10. The highest BCUT2D eigenvalue weighted by Crippen LogP contribution is 2.25. The van der Waals surface area contributed by atoms with Gasteiger partial charge in [0.25, 0.3) is 0 Å². The van der Waals surface area contributed by atoms with Gasteiger partial charge in [-0.15, -0.1) is 15.3 Å². The molecule has 48 nitrogen and oxygen atoms in total. The van der Waals surface area contributed by atoms with Crippen LogP contribution in [0.25, 0.3) is 0 Å². The van der Waals surface area contributed by atoms with Crippen molar-refractivity contribution in [3.8, 4) is 0 Å². The minimum absolute atomic E-state index is 0.0185. The van der Waals surface area contributed by atoms with Crippen LogP contribution in [-0.2, 0) is 116 Å². The van der Waals surface area contributed by atoms with Gasteiger partial charge in [0.1, 0.15) is 108 Å². The summed E-state index contributed by atoms with van der Waals surface area (Å²) in [5.41, 5.74) is 3.16. The number of nitrogens with one attached hydrogen (secondary N) is 10. The summed E-state index contributed by atoms with van der Waals surface area (Å²) >= 11 is 0. The average molecular weight is 1720 g/mol. The molecule has 10 amide bonds. The van der Waals surface area contributed by atoms with Crippen molar-refractivity contribution in [2.45, 2.75) is 298 Å². The van der Waals surface area contributed by atoms with Crippen LogP contribution in [-0.4, -0.2) is 335 Å². The van der Waals surface area contributed by atoms with Crippen LogP contribution in [0.3, 0.4) is 0 Å². The predicted molar refractivity (Wildman–Crippen MR) is 409 cm³/mol. The Morgan fingerprint density at radius 1 is 0.375 bits per heavy atom. The first kappa shape index (κ1) is 100. The van der Waals surface area contributed by atoms with Crippen LogP contribution in [0, 0.1) is 0 Å². The van der Waals surface area contributed by atoms with E-state index < -0.39 is 183 Å². The van der Waals surface area contributed by atoms with Crippen molar-refractivity contribution >= 4 is 59.1 Å². The Kier molecular flexibility index (Phi) is 45.6. The largest absolute Gasteiger partial charge is 0.394 e. The lowest BCUT2D eigenvalue weighted by Crippen LogP contribution is -2.59. The van der Waals surface area contributed by atoms with Gasteiger partial charge in [-0.25, -0.2) is 19.9 Å². The van der Waals surface area contributed by atoms with Crippen LogP contribution in [0.15, 0.2) is 18.6 Å². The summed E-state index contributed by atoms with van der Waals surface area (Å²) in [6.45, 7) is 0.0408. The number of aromatic nitrogens is 9. The highest BCUT2D eigenvalue weighted by Gasteiger charge is 2.47. The van der Waals surface area contributed by atoms with Gasteiger partial charge in [-0.1, -0.05) is 60.6 Å². The Morgan fingerprint density at radius 3 is 0.958 bits per heavy atom. The van der Waals surface area contributed by atoms with Gasteiger partial charge in [0.15, 0.2) is 18.9 Å². The van der Waals surface area contributed by atoms with Crippen LogP contribution in [0.1, 0.15) is 165 Å². The number of nitrogens with zero attached hydrogens (tertiary/aromatic N) is 9. The smallest absolute Gasteiger partial charge is 0.242 e. The molecule has 6 rings (SSSR count). The first-order valence-electron chi connectivity index (χ1n) is 40.5. The fraction of sp³-hybridized carbons (Fsp3) is 0.778. The SMILES string of the molecule is CC(=O)NC(CCC(=O)NCc1cn(CCO[C@H]2O[C@H](CO)[C@@H](O)[C@H](O)[C@@H]2O)nn1)C(=O)NCCCCCCCC(=O)NC(CCC(=O)NCc1cn(CCO[C@H]2O[C@H](CO)[C@@H](O)[C@H](O)[C@@H]2O)nn1)C(=O)NCCCCCCCC(=O)NC(CCC(=O)NCc1cn(CCO[C@H]2O[C@H](CO)[C@@H](O)[C@H](O)[C@@H]2O)nn1)C(=O)NCCCCCC(=O)NN. The maximum absolute atomic E-state index is 13.8. The topological polar surface area (TPSA) is 707 Å². The second kappa shape index (κ2) is 54.7. The molecular formula is C72H122N20O28. The van der Waals surface area contributed by atoms with Gasteiger partial charge in [-0.3, -0.25) is 53.4 Å². The molecule has 0 aliphatic carbocycles. The first-order chi connectivity index (χ1) is 57.6. The molecule has 3 aromatic rings. The molecule has 3 aromatic heterocycles. The second-order valence-electron chi connectivity index (χ2n) is 29.3. The van der Waals surface area contributed by atoms with Crippen molar-refractivity contribution in [1.82, 2.24) is 98.3 Å². The van der Waals surface area contributed by atoms with Crippen molar-refractivity contribution in [2.24, 2.45) is 5.84 Å². The maximum atomic E-state index is 13.8. The predicted octanol–water partition coefficient (Wildman–Crippen LogP) is -9.45. The van der Waals surface area contributed by atoms with E-state index in [1.165, 1.54) is 39.6 Å². The maximum Gasteiger partial charge on any atom is 0.242 e. The van der Waals surface area contributed by atoms with Gasteiger partial charge in [0, 0.05) is 65.1 Å². The van der Waals surface area contributed by atoms with Crippen LogP contribution in [0.4, 0.5) is 0 Å². The molecule has 3 aliphatic heterocycles. The van der Waals surface area contributed by atoms with Gasteiger partial charge < -0.3 is 138 Å². The van der Waals surface area contributed by atoms with Crippen LogP contribution >= 0.6 is 0 Å². The normalized spacial score (nSPS) is 23.6. The van der Waals surface area contributed by atoms with Gasteiger partial charge in [-0.2, -0.15) is 0 Å². The number of unbranched alkanes of at least 4 members (excludes halogenated alkanes) is 10. The third-order valence-corrected chi connectivity index (χ3v) is 19.8. The zero-order valence-electron chi connectivity index (χ0n) is 67.3. The molecule has 48 heteroatoms. The molecule has 18 atom stereocenters. The zero-order valence-corrected chi connectivity index (χ0v) is 67.3. The number of hydrazine groups is 1. The molecule has 3 aliphatic rings. The van der Waals surface area contributed by atoms with Crippen LogP contribution in [0.2, 0.25) is 0 Å². The third-order valence-electron chi connectivity index (χ3n) is 19.8. The summed E-state index contributed by atoms with van der Waals surface area (Å²) in [6, 6.07) is -3.20. The van der Waals surface area contributed by atoms with E-state index in [9.17, 15) is 109 Å². The Labute approximate surface area is 691 Å². The summed E-state index contributed by atoms with van der Waals surface area (Å²) in [7, 11) is 0. The fourth-order valence-corrected chi connectivity index (χ4v) is 12.8. The van der Waals surface area contributed by atoms with Gasteiger partial charge in [0.05, 0.1) is 97.5 Å². The van der Waals surface area contributed by atoms with E-state index in [0.29, 0.717) is 101 Å². The molecule has 0 saturated carbocycles. The highest BCUT2D eigenvalue weighted by atomic mass is 16.7. The van der Waals surface area contributed by atoms with E-state index >= 15 is 0 Å². The number of carbonyl (C=O) groups excluding carboxylic acids is 10. The number of hydrogen-bond donors (Lipinski definition) is 23. The molecule has 3 unspecified atom stereocenters. The molecule has 3 saturated heterocycles. The number of aliphatic hydroxyl groups is 12. The number of nitrogens with two attached hydrogens (primary N) is 1. The molecule has 0 aromatic carbocycles. The summed E-state index contributed by atoms with van der Waals surface area (Å²) in [5.74, 6) is 0.612. The van der Waals surface area contributed by atoms with Crippen LogP contribution in [0.5, 0.6) is 0 Å².